The minimum absolute atomic E-state index is 0.204. The summed E-state index contributed by atoms with van der Waals surface area (Å²) >= 11 is 12.3. The number of carbonyl (C=O) groups excluding carboxylic acids is 1. The number of benzene rings is 1. The largest absolute Gasteiger partial charge is 0.289 e. The SMILES string of the molecule is Cc1nn(C)c(C)c1C(=O)Nc1ncn(Cc2c(Cl)cccc2Cl)n1. The lowest BCUT2D eigenvalue weighted by Crippen LogP contribution is -2.15. The third kappa shape index (κ3) is 3.52. The number of anilines is 1. The standard InChI is InChI=1S/C16H16Cl2N6O/c1-9-14(10(2)23(3)21-9)15(25)20-16-19-8-24(22-16)7-11-12(17)5-4-6-13(11)18/h4-6,8H,7H2,1-3H3,(H,20,22,25). The Morgan fingerprint density at radius 1 is 1.20 bits per heavy atom. The summed E-state index contributed by atoms with van der Waals surface area (Å²) in [5.41, 5.74) is 2.69. The fourth-order valence-corrected chi connectivity index (χ4v) is 3.06. The molecule has 25 heavy (non-hydrogen) atoms. The molecule has 2 aromatic heterocycles. The first kappa shape index (κ1) is 17.4. The smallest absolute Gasteiger partial charge is 0.261 e. The molecule has 1 N–H and O–H groups in total. The molecule has 0 bridgehead atoms. The van der Waals surface area contributed by atoms with Crippen molar-refractivity contribution in [2.75, 3.05) is 5.32 Å². The predicted octanol–water partition coefficient (Wildman–Crippen LogP) is 3.24. The third-order valence-electron chi connectivity index (χ3n) is 3.88. The fourth-order valence-electron chi connectivity index (χ4n) is 2.54. The number of aryl methyl sites for hydroxylation is 2. The third-order valence-corrected chi connectivity index (χ3v) is 4.59. The number of hydrogen-bond donors (Lipinski definition) is 1. The van der Waals surface area contributed by atoms with Gasteiger partial charge < -0.3 is 0 Å². The first-order chi connectivity index (χ1) is 11.9. The summed E-state index contributed by atoms with van der Waals surface area (Å²) in [5, 5.41) is 12.3. The van der Waals surface area contributed by atoms with Gasteiger partial charge in [-0.3, -0.25) is 14.8 Å². The van der Waals surface area contributed by atoms with Gasteiger partial charge in [-0.2, -0.15) is 5.10 Å². The van der Waals surface area contributed by atoms with E-state index in [2.05, 4.69) is 20.5 Å². The second kappa shape index (κ2) is 6.85. The molecule has 0 aliphatic rings. The molecule has 130 valence electrons. The van der Waals surface area contributed by atoms with Gasteiger partial charge in [0.05, 0.1) is 17.8 Å². The molecule has 9 heteroatoms. The summed E-state index contributed by atoms with van der Waals surface area (Å²) in [6, 6.07) is 5.30. The Hall–Kier alpha value is -2.38. The number of carbonyl (C=O) groups is 1. The molecule has 0 spiro atoms. The zero-order valence-electron chi connectivity index (χ0n) is 13.9. The van der Waals surface area contributed by atoms with Gasteiger partial charge in [-0.15, -0.1) is 5.10 Å². The summed E-state index contributed by atoms with van der Waals surface area (Å²) < 4.78 is 3.22. The van der Waals surface area contributed by atoms with Crippen LogP contribution < -0.4 is 5.32 Å². The van der Waals surface area contributed by atoms with Crippen LogP contribution in [-0.2, 0) is 13.6 Å². The molecule has 0 atom stereocenters. The Morgan fingerprint density at radius 3 is 2.48 bits per heavy atom. The summed E-state index contributed by atoms with van der Waals surface area (Å²) in [6.45, 7) is 3.97. The molecule has 2 heterocycles. The van der Waals surface area contributed by atoms with Crippen molar-refractivity contribution >= 4 is 35.1 Å². The highest BCUT2D eigenvalue weighted by molar-refractivity contribution is 6.35. The quantitative estimate of drug-likeness (QED) is 0.755. The van der Waals surface area contributed by atoms with Crippen LogP contribution in [0.5, 0.6) is 0 Å². The average molecular weight is 379 g/mol. The van der Waals surface area contributed by atoms with Crippen molar-refractivity contribution in [2.45, 2.75) is 20.4 Å². The molecule has 0 saturated heterocycles. The molecule has 1 aromatic carbocycles. The van der Waals surface area contributed by atoms with Crippen molar-refractivity contribution in [1.82, 2.24) is 24.5 Å². The Bertz CT molecular complexity index is 926. The Kier molecular flexibility index (Phi) is 4.78. The van der Waals surface area contributed by atoms with Crippen LogP contribution in [0.4, 0.5) is 5.95 Å². The molecule has 0 unspecified atom stereocenters. The number of aromatic nitrogens is 5. The van der Waals surface area contributed by atoms with Gasteiger partial charge in [0.2, 0.25) is 5.95 Å². The number of nitrogens with one attached hydrogen (secondary N) is 1. The minimum atomic E-state index is -0.295. The fraction of sp³-hybridized carbons (Fsp3) is 0.250. The van der Waals surface area contributed by atoms with Crippen molar-refractivity contribution in [3.63, 3.8) is 0 Å². The molecule has 3 aromatic rings. The van der Waals surface area contributed by atoms with Crippen molar-refractivity contribution in [3.8, 4) is 0 Å². The van der Waals surface area contributed by atoms with Gasteiger partial charge in [-0.25, -0.2) is 9.67 Å². The minimum Gasteiger partial charge on any atom is -0.289 e. The van der Waals surface area contributed by atoms with Crippen molar-refractivity contribution in [2.24, 2.45) is 7.05 Å². The van der Waals surface area contributed by atoms with Crippen LogP contribution in [0, 0.1) is 13.8 Å². The number of hydrogen-bond acceptors (Lipinski definition) is 4. The van der Waals surface area contributed by atoms with Gasteiger partial charge in [-0.1, -0.05) is 29.3 Å². The molecule has 0 saturated carbocycles. The second-order valence-corrected chi connectivity index (χ2v) is 6.40. The van der Waals surface area contributed by atoms with E-state index in [0.29, 0.717) is 27.8 Å². The molecule has 0 radical (unpaired) electrons. The molecular formula is C16H16Cl2N6O. The summed E-state index contributed by atoms with van der Waals surface area (Å²) in [6.07, 6.45) is 1.51. The Balaban J connectivity index is 1.77. The van der Waals surface area contributed by atoms with E-state index in [4.69, 9.17) is 23.2 Å². The van der Waals surface area contributed by atoms with Crippen LogP contribution in [-0.4, -0.2) is 30.5 Å². The lowest BCUT2D eigenvalue weighted by Gasteiger charge is -2.06. The van der Waals surface area contributed by atoms with Gasteiger partial charge in [0.25, 0.3) is 5.91 Å². The molecule has 0 aliphatic carbocycles. The molecule has 7 nitrogen and oxygen atoms in total. The van der Waals surface area contributed by atoms with E-state index in [9.17, 15) is 4.79 Å². The van der Waals surface area contributed by atoms with Crippen molar-refractivity contribution < 1.29 is 4.79 Å². The van der Waals surface area contributed by atoms with Crippen molar-refractivity contribution in [3.05, 3.63) is 57.1 Å². The Morgan fingerprint density at radius 2 is 1.88 bits per heavy atom. The highest BCUT2D eigenvalue weighted by atomic mass is 35.5. The lowest BCUT2D eigenvalue weighted by molar-refractivity contribution is 0.102. The van der Waals surface area contributed by atoms with E-state index in [1.54, 1.807) is 41.5 Å². The Labute approximate surface area is 154 Å². The second-order valence-electron chi connectivity index (χ2n) is 5.59. The van der Waals surface area contributed by atoms with Crippen LogP contribution in [0.15, 0.2) is 24.5 Å². The van der Waals surface area contributed by atoms with Crippen LogP contribution in [0.2, 0.25) is 10.0 Å². The highest BCUT2D eigenvalue weighted by Gasteiger charge is 2.18. The molecule has 0 fully saturated rings. The van der Waals surface area contributed by atoms with E-state index < -0.39 is 0 Å². The average Bonchev–Trinajstić information content (AvgIpc) is 3.08. The van der Waals surface area contributed by atoms with Crippen molar-refractivity contribution in [1.29, 1.82) is 0 Å². The van der Waals surface area contributed by atoms with Gasteiger partial charge >= 0.3 is 0 Å². The maximum absolute atomic E-state index is 12.4. The van der Waals surface area contributed by atoms with E-state index in [-0.39, 0.29) is 11.9 Å². The maximum atomic E-state index is 12.4. The number of amides is 1. The van der Waals surface area contributed by atoms with Gasteiger partial charge in [-0.05, 0) is 26.0 Å². The van der Waals surface area contributed by atoms with Crippen LogP contribution in [0.3, 0.4) is 0 Å². The number of halogens is 2. The summed E-state index contributed by atoms with van der Waals surface area (Å²) in [4.78, 5) is 16.6. The normalized spacial score (nSPS) is 10.9. The van der Waals surface area contributed by atoms with E-state index >= 15 is 0 Å². The summed E-state index contributed by atoms with van der Waals surface area (Å²) in [7, 11) is 1.79. The highest BCUT2D eigenvalue weighted by Crippen LogP contribution is 2.25. The molecular weight excluding hydrogens is 363 g/mol. The topological polar surface area (TPSA) is 77.6 Å². The zero-order chi connectivity index (χ0) is 18.1. The van der Waals surface area contributed by atoms with E-state index in [1.165, 1.54) is 6.33 Å². The van der Waals surface area contributed by atoms with Crippen LogP contribution in [0.25, 0.3) is 0 Å². The lowest BCUT2D eigenvalue weighted by atomic mass is 10.2. The molecule has 1 amide bonds. The number of nitrogens with zero attached hydrogens (tertiary/aromatic N) is 5. The van der Waals surface area contributed by atoms with Gasteiger partial charge in [0, 0.05) is 28.4 Å². The van der Waals surface area contributed by atoms with Crippen LogP contribution >= 0.6 is 23.2 Å². The van der Waals surface area contributed by atoms with Gasteiger partial charge in [0.15, 0.2) is 0 Å². The zero-order valence-corrected chi connectivity index (χ0v) is 15.4. The van der Waals surface area contributed by atoms with E-state index in [1.807, 2.05) is 6.92 Å². The van der Waals surface area contributed by atoms with Crippen LogP contribution in [0.1, 0.15) is 27.3 Å². The first-order valence-corrected chi connectivity index (χ1v) is 8.26. The molecule has 3 rings (SSSR count). The first-order valence-electron chi connectivity index (χ1n) is 7.50. The predicted molar refractivity (Wildman–Crippen MR) is 96.2 cm³/mol. The van der Waals surface area contributed by atoms with E-state index in [0.717, 1.165) is 11.3 Å². The monoisotopic (exact) mass is 378 g/mol. The van der Waals surface area contributed by atoms with Gasteiger partial charge in [0.1, 0.15) is 6.33 Å². The number of rotatable bonds is 4. The maximum Gasteiger partial charge on any atom is 0.261 e. The molecule has 0 aliphatic heterocycles. The summed E-state index contributed by atoms with van der Waals surface area (Å²) in [5.74, 6) is -0.0903.